The Labute approximate surface area is 215 Å². The Morgan fingerprint density at radius 2 is 1.86 bits per heavy atom. The molecule has 0 spiro atoms. The highest BCUT2D eigenvalue weighted by atomic mass is 19.1. The number of aromatic nitrogens is 2. The van der Waals surface area contributed by atoms with Gasteiger partial charge in [-0.25, -0.2) is 24.6 Å². The van der Waals surface area contributed by atoms with Gasteiger partial charge in [-0.1, -0.05) is 24.8 Å². The molecule has 1 fully saturated rings. The molecule has 7 nitrogen and oxygen atoms in total. The van der Waals surface area contributed by atoms with Crippen LogP contribution >= 0.6 is 0 Å². The van der Waals surface area contributed by atoms with E-state index >= 15 is 0 Å². The summed E-state index contributed by atoms with van der Waals surface area (Å²) in [7, 11) is 2.06. The first-order valence-corrected chi connectivity index (χ1v) is 12.1. The van der Waals surface area contributed by atoms with Crippen molar-refractivity contribution in [1.82, 2.24) is 20.3 Å². The number of hydrogen-bond acceptors (Lipinski definition) is 6. The minimum Gasteiger partial charge on any atom is -0.356 e. The number of nitrogens with two attached hydrogens (primary N) is 1. The van der Waals surface area contributed by atoms with Crippen molar-refractivity contribution >= 4 is 17.3 Å². The number of piperidine rings is 1. The zero-order valence-electron chi connectivity index (χ0n) is 20.7. The molecule has 3 N–H and O–H groups in total. The van der Waals surface area contributed by atoms with E-state index < -0.39 is 17.5 Å². The Bertz CT molecular complexity index is 1290. The van der Waals surface area contributed by atoms with Gasteiger partial charge in [-0.3, -0.25) is 9.80 Å². The summed E-state index contributed by atoms with van der Waals surface area (Å²) >= 11 is 0. The summed E-state index contributed by atoms with van der Waals surface area (Å²) in [6, 6.07) is 12.9. The third-order valence-corrected chi connectivity index (χ3v) is 6.34. The molecule has 1 saturated heterocycles. The van der Waals surface area contributed by atoms with Gasteiger partial charge in [0.15, 0.2) is 5.82 Å². The summed E-state index contributed by atoms with van der Waals surface area (Å²) in [5.41, 5.74) is 2.14. The lowest BCUT2D eigenvalue weighted by atomic mass is 10.1. The van der Waals surface area contributed by atoms with Gasteiger partial charge < -0.3 is 10.2 Å². The Balaban J connectivity index is 1.42. The predicted octanol–water partition coefficient (Wildman–Crippen LogP) is 4.08. The molecule has 1 aliphatic rings. The number of carbonyl (C=O) groups is 1. The topological polar surface area (TPSA) is 87.4 Å². The maximum absolute atomic E-state index is 13.4. The van der Waals surface area contributed by atoms with E-state index in [1.807, 2.05) is 30.3 Å². The van der Waals surface area contributed by atoms with Crippen LogP contribution in [0.3, 0.4) is 0 Å². The van der Waals surface area contributed by atoms with Crippen molar-refractivity contribution in [2.75, 3.05) is 25.0 Å². The van der Waals surface area contributed by atoms with Crippen LogP contribution in [0.1, 0.15) is 24.0 Å². The normalized spacial score (nSPS) is 14.1. The molecule has 0 saturated carbocycles. The van der Waals surface area contributed by atoms with E-state index in [9.17, 15) is 13.6 Å². The molecule has 37 heavy (non-hydrogen) atoms. The SMILES string of the molecule is C=C(/C=C\C(=O)N(N)Cc1cccc(-c2nccc(N(C)C3CCNCC3)n2)c1)c1cc(F)cc(F)c1. The lowest BCUT2D eigenvalue weighted by Crippen LogP contribution is -2.41. The summed E-state index contributed by atoms with van der Waals surface area (Å²) in [5.74, 6) is 5.53. The van der Waals surface area contributed by atoms with Crippen molar-refractivity contribution in [3.8, 4) is 11.4 Å². The molecule has 2 heterocycles. The third kappa shape index (κ3) is 6.84. The van der Waals surface area contributed by atoms with Crippen LogP contribution < -0.4 is 16.1 Å². The van der Waals surface area contributed by atoms with Crippen LogP contribution in [0.2, 0.25) is 0 Å². The largest absolute Gasteiger partial charge is 0.356 e. The van der Waals surface area contributed by atoms with Crippen LogP contribution in [0.5, 0.6) is 0 Å². The van der Waals surface area contributed by atoms with Crippen LogP contribution in [0, 0.1) is 11.6 Å². The molecule has 0 atom stereocenters. The van der Waals surface area contributed by atoms with Gasteiger partial charge in [-0.2, -0.15) is 0 Å². The molecule has 9 heteroatoms. The third-order valence-electron chi connectivity index (χ3n) is 6.34. The van der Waals surface area contributed by atoms with Crippen LogP contribution in [-0.4, -0.2) is 47.1 Å². The maximum atomic E-state index is 13.4. The molecule has 0 bridgehead atoms. The number of halogens is 2. The van der Waals surface area contributed by atoms with Gasteiger partial charge in [0, 0.05) is 37.0 Å². The highest BCUT2D eigenvalue weighted by Gasteiger charge is 2.19. The molecule has 3 aromatic rings. The van der Waals surface area contributed by atoms with Crippen LogP contribution in [0.25, 0.3) is 17.0 Å². The second-order valence-electron chi connectivity index (χ2n) is 9.01. The number of benzene rings is 2. The van der Waals surface area contributed by atoms with E-state index in [2.05, 4.69) is 28.8 Å². The van der Waals surface area contributed by atoms with Crippen molar-refractivity contribution in [2.24, 2.45) is 5.84 Å². The highest BCUT2D eigenvalue weighted by Crippen LogP contribution is 2.23. The summed E-state index contributed by atoms with van der Waals surface area (Å²) in [4.78, 5) is 24.0. The number of hydrogen-bond donors (Lipinski definition) is 2. The fraction of sp³-hybridized carbons (Fsp3) is 0.250. The highest BCUT2D eigenvalue weighted by molar-refractivity contribution is 5.90. The predicted molar refractivity (Wildman–Crippen MR) is 141 cm³/mol. The van der Waals surface area contributed by atoms with Crippen LogP contribution in [0.15, 0.2) is 73.5 Å². The average molecular weight is 505 g/mol. The molecule has 192 valence electrons. The number of rotatable bonds is 8. The van der Waals surface area contributed by atoms with Gasteiger partial charge in [0.1, 0.15) is 17.5 Å². The molecular formula is C28H30F2N6O. The standard InChI is InChI=1S/C28H30F2N6O/c1-19(22-15-23(29)17-24(30)16-22)6-7-27(37)36(31)18-20-4-3-5-21(14-20)28-33-13-10-26(34-28)35(2)25-8-11-32-12-9-25/h3-7,10,13-17,25,32H,1,8-9,11-12,18,31H2,2H3/b7-6-. The fourth-order valence-corrected chi connectivity index (χ4v) is 4.25. The van der Waals surface area contributed by atoms with E-state index in [0.29, 0.717) is 11.9 Å². The Morgan fingerprint density at radius 3 is 2.59 bits per heavy atom. The first-order chi connectivity index (χ1) is 17.8. The van der Waals surface area contributed by atoms with Crippen molar-refractivity contribution in [3.63, 3.8) is 0 Å². The number of nitrogens with one attached hydrogen (secondary N) is 1. The van der Waals surface area contributed by atoms with Crippen molar-refractivity contribution in [2.45, 2.75) is 25.4 Å². The Hall–Kier alpha value is -3.95. The zero-order valence-corrected chi connectivity index (χ0v) is 20.7. The first-order valence-electron chi connectivity index (χ1n) is 12.1. The van der Waals surface area contributed by atoms with Gasteiger partial charge in [0.05, 0.1) is 6.54 Å². The average Bonchev–Trinajstić information content (AvgIpc) is 2.91. The molecule has 0 radical (unpaired) electrons. The van der Waals surface area contributed by atoms with Gasteiger partial charge in [-0.15, -0.1) is 0 Å². The summed E-state index contributed by atoms with van der Waals surface area (Å²) in [6.07, 6.45) is 6.48. The maximum Gasteiger partial charge on any atom is 0.260 e. The fourth-order valence-electron chi connectivity index (χ4n) is 4.25. The molecule has 1 aromatic heterocycles. The summed E-state index contributed by atoms with van der Waals surface area (Å²) in [5, 5.41) is 4.43. The molecular weight excluding hydrogens is 474 g/mol. The van der Waals surface area contributed by atoms with Gasteiger partial charge in [0.2, 0.25) is 0 Å². The molecule has 1 aliphatic heterocycles. The summed E-state index contributed by atoms with van der Waals surface area (Å²) in [6.45, 7) is 5.90. The van der Waals surface area contributed by atoms with Gasteiger partial charge in [0.25, 0.3) is 5.91 Å². The van der Waals surface area contributed by atoms with Crippen molar-refractivity contribution in [1.29, 1.82) is 0 Å². The molecule has 1 amide bonds. The van der Waals surface area contributed by atoms with Crippen molar-refractivity contribution < 1.29 is 13.6 Å². The molecule has 4 rings (SSSR count). The van der Waals surface area contributed by atoms with E-state index in [1.54, 1.807) is 6.20 Å². The minimum atomic E-state index is -0.719. The molecule has 0 unspecified atom stereocenters. The lowest BCUT2D eigenvalue weighted by molar-refractivity contribution is -0.126. The van der Waals surface area contributed by atoms with Crippen LogP contribution in [0.4, 0.5) is 14.6 Å². The second kappa shape index (κ2) is 11.9. The number of carbonyl (C=O) groups excluding carboxylic acids is 1. The number of amides is 1. The smallest absolute Gasteiger partial charge is 0.260 e. The van der Waals surface area contributed by atoms with Gasteiger partial charge >= 0.3 is 0 Å². The number of allylic oxidation sites excluding steroid dienone is 2. The van der Waals surface area contributed by atoms with Crippen LogP contribution in [-0.2, 0) is 11.3 Å². The quantitative estimate of drug-likeness (QED) is 0.158. The van der Waals surface area contributed by atoms with E-state index in [4.69, 9.17) is 10.8 Å². The Morgan fingerprint density at radius 1 is 1.14 bits per heavy atom. The first kappa shape index (κ1) is 26.1. The number of anilines is 1. The lowest BCUT2D eigenvalue weighted by Gasteiger charge is -2.32. The van der Waals surface area contributed by atoms with E-state index in [1.165, 1.54) is 12.2 Å². The minimum absolute atomic E-state index is 0.146. The summed E-state index contributed by atoms with van der Waals surface area (Å²) < 4.78 is 26.9. The monoisotopic (exact) mass is 504 g/mol. The zero-order chi connectivity index (χ0) is 26.4. The number of nitrogens with zero attached hydrogens (tertiary/aromatic N) is 4. The second-order valence-corrected chi connectivity index (χ2v) is 9.01. The number of hydrazine groups is 1. The molecule has 0 aliphatic carbocycles. The van der Waals surface area contributed by atoms with E-state index in [-0.39, 0.29) is 17.7 Å². The van der Waals surface area contributed by atoms with E-state index in [0.717, 1.165) is 66.1 Å². The molecule has 2 aromatic carbocycles. The van der Waals surface area contributed by atoms with Crippen molar-refractivity contribution in [3.05, 3.63) is 96.2 Å². The van der Waals surface area contributed by atoms with Gasteiger partial charge in [-0.05, 0) is 73.0 Å². The Kier molecular flexibility index (Phi) is 8.37.